The summed E-state index contributed by atoms with van der Waals surface area (Å²) in [5, 5.41) is 14.3. The number of halogens is 3. The third-order valence-corrected chi connectivity index (χ3v) is 3.59. The first-order valence-corrected chi connectivity index (χ1v) is 7.18. The number of hydrogen-bond acceptors (Lipinski definition) is 2. The van der Waals surface area contributed by atoms with Gasteiger partial charge in [-0.3, -0.25) is 0 Å². The van der Waals surface area contributed by atoms with Crippen molar-refractivity contribution in [2.24, 2.45) is 0 Å². The van der Waals surface area contributed by atoms with Crippen LogP contribution in [-0.4, -0.2) is 17.7 Å². The number of urea groups is 1. The van der Waals surface area contributed by atoms with Crippen LogP contribution in [0.1, 0.15) is 17.2 Å². The molecule has 0 aliphatic carbocycles. The number of aliphatic hydroxyl groups excluding tert-OH is 1. The second-order valence-electron chi connectivity index (χ2n) is 4.97. The summed E-state index contributed by atoms with van der Waals surface area (Å²) in [7, 11) is 0. The van der Waals surface area contributed by atoms with Gasteiger partial charge in [0.05, 0.1) is 17.7 Å². The van der Waals surface area contributed by atoms with E-state index >= 15 is 0 Å². The van der Waals surface area contributed by atoms with Crippen molar-refractivity contribution >= 4 is 23.3 Å². The second-order valence-corrected chi connectivity index (χ2v) is 5.37. The molecule has 3 N–H and O–H groups in total. The Kier molecular flexibility index (Phi) is 5.52. The summed E-state index contributed by atoms with van der Waals surface area (Å²) in [6.07, 6.45) is 0. The molecule has 4 nitrogen and oxygen atoms in total. The zero-order chi connectivity index (χ0) is 17.0. The fourth-order valence-corrected chi connectivity index (χ4v) is 2.13. The quantitative estimate of drug-likeness (QED) is 0.793. The normalized spacial score (nSPS) is 11.9. The van der Waals surface area contributed by atoms with Crippen LogP contribution in [-0.2, 0) is 0 Å². The molecule has 0 radical (unpaired) electrons. The molecule has 0 spiro atoms. The van der Waals surface area contributed by atoms with E-state index in [0.29, 0.717) is 16.8 Å². The zero-order valence-electron chi connectivity index (χ0n) is 12.2. The molecule has 0 aromatic heterocycles. The largest absolute Gasteiger partial charge is 0.394 e. The maximum absolute atomic E-state index is 13.5. The van der Waals surface area contributed by atoms with Crippen LogP contribution in [0.2, 0.25) is 5.02 Å². The van der Waals surface area contributed by atoms with Crippen LogP contribution in [0.5, 0.6) is 0 Å². The lowest BCUT2D eigenvalue weighted by molar-refractivity contribution is 0.225. The number of nitrogens with one attached hydrogen (secondary N) is 2. The molecule has 0 bridgehead atoms. The van der Waals surface area contributed by atoms with Gasteiger partial charge in [0.2, 0.25) is 0 Å². The SMILES string of the molecule is Cc1ccc(F)cc1NC(=O)NC(CO)c1ccc(Cl)c(F)c1. The van der Waals surface area contributed by atoms with E-state index in [0.717, 1.165) is 6.07 Å². The molecule has 23 heavy (non-hydrogen) atoms. The Morgan fingerprint density at radius 3 is 2.65 bits per heavy atom. The minimum atomic E-state index is -0.823. The monoisotopic (exact) mass is 340 g/mol. The molecule has 122 valence electrons. The van der Waals surface area contributed by atoms with Crippen molar-refractivity contribution < 1.29 is 18.7 Å². The van der Waals surface area contributed by atoms with Gasteiger partial charge in [-0.2, -0.15) is 0 Å². The van der Waals surface area contributed by atoms with Crippen LogP contribution in [0, 0.1) is 18.6 Å². The summed E-state index contributed by atoms with van der Waals surface area (Å²) >= 11 is 5.60. The molecule has 2 rings (SSSR count). The van der Waals surface area contributed by atoms with Crippen LogP contribution in [0.4, 0.5) is 19.3 Å². The van der Waals surface area contributed by atoms with Crippen molar-refractivity contribution in [2.45, 2.75) is 13.0 Å². The predicted molar refractivity (Wildman–Crippen MR) is 84.5 cm³/mol. The fourth-order valence-electron chi connectivity index (χ4n) is 2.01. The Bertz CT molecular complexity index is 725. The molecule has 0 heterocycles. The number of carbonyl (C=O) groups is 1. The molecule has 0 saturated carbocycles. The van der Waals surface area contributed by atoms with E-state index in [4.69, 9.17) is 11.6 Å². The standard InChI is InChI=1S/C16H15ClF2N2O2/c1-9-2-4-11(18)7-14(9)20-16(23)21-15(8-22)10-3-5-12(17)13(19)6-10/h2-7,15,22H,8H2,1H3,(H2,20,21,23). The number of rotatable bonds is 4. The average Bonchev–Trinajstić information content (AvgIpc) is 2.51. The minimum Gasteiger partial charge on any atom is -0.394 e. The molecule has 1 unspecified atom stereocenters. The van der Waals surface area contributed by atoms with Gasteiger partial charge in [0, 0.05) is 5.69 Å². The third kappa shape index (κ3) is 4.40. The maximum atomic E-state index is 13.5. The molecule has 0 saturated heterocycles. The maximum Gasteiger partial charge on any atom is 0.319 e. The molecule has 0 aliphatic heterocycles. The Labute approximate surface area is 137 Å². The molecular weight excluding hydrogens is 326 g/mol. The van der Waals surface area contributed by atoms with Gasteiger partial charge < -0.3 is 15.7 Å². The van der Waals surface area contributed by atoms with Crippen LogP contribution >= 0.6 is 11.6 Å². The lowest BCUT2D eigenvalue weighted by atomic mass is 10.1. The van der Waals surface area contributed by atoms with Crippen molar-refractivity contribution in [1.82, 2.24) is 5.32 Å². The van der Waals surface area contributed by atoms with Gasteiger partial charge in [-0.05, 0) is 42.3 Å². The Morgan fingerprint density at radius 2 is 2.00 bits per heavy atom. The minimum absolute atomic E-state index is 0.0507. The van der Waals surface area contributed by atoms with Gasteiger partial charge in [0.25, 0.3) is 0 Å². The van der Waals surface area contributed by atoms with Crippen LogP contribution in [0.3, 0.4) is 0 Å². The first-order chi connectivity index (χ1) is 10.9. The van der Waals surface area contributed by atoms with E-state index in [1.54, 1.807) is 6.92 Å². The van der Waals surface area contributed by atoms with Gasteiger partial charge >= 0.3 is 6.03 Å². The number of anilines is 1. The van der Waals surface area contributed by atoms with Crippen LogP contribution in [0.25, 0.3) is 0 Å². The summed E-state index contributed by atoms with van der Waals surface area (Å²) in [6, 6.07) is 6.50. The summed E-state index contributed by atoms with van der Waals surface area (Å²) in [4.78, 5) is 12.0. The van der Waals surface area contributed by atoms with Crippen molar-refractivity contribution in [3.63, 3.8) is 0 Å². The van der Waals surface area contributed by atoms with Gasteiger partial charge in [-0.15, -0.1) is 0 Å². The molecule has 7 heteroatoms. The van der Waals surface area contributed by atoms with E-state index in [1.165, 1.54) is 30.3 Å². The summed E-state index contributed by atoms with van der Waals surface area (Å²) in [6.45, 7) is 1.28. The van der Waals surface area contributed by atoms with Crippen LogP contribution in [0.15, 0.2) is 36.4 Å². The number of aryl methyl sites for hydroxylation is 1. The van der Waals surface area contributed by atoms with E-state index in [-0.39, 0.29) is 5.02 Å². The molecule has 2 aromatic rings. The highest BCUT2D eigenvalue weighted by atomic mass is 35.5. The smallest absolute Gasteiger partial charge is 0.319 e. The lowest BCUT2D eigenvalue weighted by Crippen LogP contribution is -2.34. The highest BCUT2D eigenvalue weighted by Gasteiger charge is 2.16. The van der Waals surface area contributed by atoms with Gasteiger partial charge in [-0.25, -0.2) is 13.6 Å². The molecular formula is C16H15ClF2N2O2. The lowest BCUT2D eigenvalue weighted by Gasteiger charge is -2.18. The molecule has 2 aromatic carbocycles. The molecule has 2 amide bonds. The first kappa shape index (κ1) is 17.2. The van der Waals surface area contributed by atoms with Crippen molar-refractivity contribution in [1.29, 1.82) is 0 Å². The molecule has 1 atom stereocenters. The van der Waals surface area contributed by atoms with E-state index in [1.807, 2.05) is 0 Å². The van der Waals surface area contributed by atoms with Crippen molar-refractivity contribution in [3.8, 4) is 0 Å². The molecule has 0 fully saturated rings. The summed E-state index contributed by atoms with van der Waals surface area (Å²) < 4.78 is 26.7. The second kappa shape index (κ2) is 7.39. The van der Waals surface area contributed by atoms with Crippen LogP contribution < -0.4 is 10.6 Å². The van der Waals surface area contributed by atoms with Crippen molar-refractivity contribution in [2.75, 3.05) is 11.9 Å². The van der Waals surface area contributed by atoms with E-state index in [9.17, 15) is 18.7 Å². The highest BCUT2D eigenvalue weighted by molar-refractivity contribution is 6.30. The summed E-state index contributed by atoms with van der Waals surface area (Å²) in [5.74, 6) is -1.13. The van der Waals surface area contributed by atoms with Gasteiger partial charge in [-0.1, -0.05) is 23.7 Å². The predicted octanol–water partition coefficient (Wildman–Crippen LogP) is 3.78. The van der Waals surface area contributed by atoms with Gasteiger partial charge in [0.15, 0.2) is 0 Å². The molecule has 0 aliphatic rings. The average molecular weight is 341 g/mol. The summed E-state index contributed by atoms with van der Waals surface area (Å²) in [5.41, 5.74) is 1.35. The topological polar surface area (TPSA) is 61.4 Å². The third-order valence-electron chi connectivity index (χ3n) is 3.28. The Morgan fingerprint density at radius 1 is 1.26 bits per heavy atom. The highest BCUT2D eigenvalue weighted by Crippen LogP contribution is 2.21. The van der Waals surface area contributed by atoms with E-state index < -0.39 is 30.3 Å². The van der Waals surface area contributed by atoms with Crippen molar-refractivity contribution in [3.05, 3.63) is 64.2 Å². The number of carbonyl (C=O) groups excluding carboxylic acids is 1. The number of hydrogen-bond donors (Lipinski definition) is 3. The fraction of sp³-hybridized carbons (Fsp3) is 0.188. The zero-order valence-corrected chi connectivity index (χ0v) is 13.0. The number of amides is 2. The number of benzene rings is 2. The Balaban J connectivity index is 2.10. The number of aliphatic hydroxyl groups is 1. The Hall–Kier alpha value is -2.18. The first-order valence-electron chi connectivity index (χ1n) is 6.80. The van der Waals surface area contributed by atoms with Gasteiger partial charge in [0.1, 0.15) is 11.6 Å². The van der Waals surface area contributed by atoms with E-state index in [2.05, 4.69) is 10.6 Å².